The van der Waals surface area contributed by atoms with Crippen molar-refractivity contribution in [2.45, 2.75) is 44.7 Å². The van der Waals surface area contributed by atoms with E-state index >= 15 is 0 Å². The van der Waals surface area contributed by atoms with Gasteiger partial charge in [0, 0.05) is 12.6 Å². The van der Waals surface area contributed by atoms with Gasteiger partial charge in [-0.2, -0.15) is 0 Å². The van der Waals surface area contributed by atoms with Crippen molar-refractivity contribution >= 4 is 11.9 Å². The molecule has 2 atom stereocenters. The number of carbonyl (C=O) groups is 2. The Hall–Kier alpha value is -1.14. The van der Waals surface area contributed by atoms with E-state index in [2.05, 4.69) is 5.32 Å². The summed E-state index contributed by atoms with van der Waals surface area (Å²) in [6, 6.07) is 0.100. The first-order valence-corrected chi connectivity index (χ1v) is 7.47. The minimum Gasteiger partial charge on any atom is -0.481 e. The molecule has 1 heterocycles. The molecule has 0 radical (unpaired) electrons. The standard InChI is InChI=1S/C14H24N2O4/c1-2-16(12-9-20-8-11(12)14(18)19)13(17)7-15-10-5-3-4-6-10/h10-12,15H,2-9H2,1H3,(H,18,19). The highest BCUT2D eigenvalue weighted by Gasteiger charge is 2.39. The Morgan fingerprint density at radius 2 is 2.00 bits per heavy atom. The lowest BCUT2D eigenvalue weighted by Gasteiger charge is -2.30. The molecular formula is C14H24N2O4. The summed E-state index contributed by atoms with van der Waals surface area (Å²) < 4.78 is 5.25. The number of amides is 1. The summed E-state index contributed by atoms with van der Waals surface area (Å²) >= 11 is 0. The van der Waals surface area contributed by atoms with Crippen LogP contribution in [0.1, 0.15) is 32.6 Å². The van der Waals surface area contributed by atoms with E-state index in [9.17, 15) is 14.7 Å². The molecule has 1 saturated carbocycles. The molecule has 20 heavy (non-hydrogen) atoms. The fraction of sp³-hybridized carbons (Fsp3) is 0.857. The Morgan fingerprint density at radius 3 is 2.60 bits per heavy atom. The van der Waals surface area contributed by atoms with E-state index in [0.717, 1.165) is 12.8 Å². The van der Waals surface area contributed by atoms with Gasteiger partial charge in [-0.3, -0.25) is 9.59 Å². The Morgan fingerprint density at radius 1 is 1.30 bits per heavy atom. The number of aliphatic carboxylic acids is 1. The second kappa shape index (κ2) is 7.04. The second-order valence-electron chi connectivity index (χ2n) is 5.59. The number of nitrogens with zero attached hydrogens (tertiary/aromatic N) is 1. The normalized spacial score (nSPS) is 26.9. The van der Waals surface area contributed by atoms with Crippen LogP contribution in [0, 0.1) is 5.92 Å². The van der Waals surface area contributed by atoms with Crippen LogP contribution in [0.25, 0.3) is 0 Å². The van der Waals surface area contributed by atoms with Gasteiger partial charge < -0.3 is 20.1 Å². The van der Waals surface area contributed by atoms with Crippen LogP contribution in [-0.2, 0) is 14.3 Å². The highest BCUT2D eigenvalue weighted by molar-refractivity contribution is 5.80. The maximum absolute atomic E-state index is 12.3. The summed E-state index contributed by atoms with van der Waals surface area (Å²) in [6.07, 6.45) is 4.70. The Bertz CT molecular complexity index is 355. The lowest BCUT2D eigenvalue weighted by atomic mass is 10.0. The fourth-order valence-electron chi connectivity index (χ4n) is 3.14. The van der Waals surface area contributed by atoms with Crippen molar-refractivity contribution in [1.29, 1.82) is 0 Å². The molecule has 0 spiro atoms. The monoisotopic (exact) mass is 284 g/mol. The number of ether oxygens (including phenoxy) is 1. The van der Waals surface area contributed by atoms with Crippen molar-refractivity contribution in [3.63, 3.8) is 0 Å². The van der Waals surface area contributed by atoms with E-state index < -0.39 is 11.9 Å². The number of nitrogens with one attached hydrogen (secondary N) is 1. The maximum Gasteiger partial charge on any atom is 0.311 e. The molecule has 2 aliphatic rings. The molecule has 114 valence electrons. The zero-order valence-corrected chi connectivity index (χ0v) is 12.0. The van der Waals surface area contributed by atoms with Gasteiger partial charge in [-0.05, 0) is 19.8 Å². The van der Waals surface area contributed by atoms with E-state index in [1.54, 1.807) is 4.90 Å². The van der Waals surface area contributed by atoms with Gasteiger partial charge in [0.05, 0.1) is 25.8 Å². The Kier molecular flexibility index (Phi) is 5.37. The fourth-order valence-corrected chi connectivity index (χ4v) is 3.14. The smallest absolute Gasteiger partial charge is 0.311 e. The number of carbonyl (C=O) groups excluding carboxylic acids is 1. The predicted octanol–water partition coefficient (Wildman–Crippen LogP) is 0.467. The molecule has 1 aliphatic carbocycles. The van der Waals surface area contributed by atoms with Crippen LogP contribution in [0.2, 0.25) is 0 Å². The van der Waals surface area contributed by atoms with Crippen LogP contribution in [0.3, 0.4) is 0 Å². The molecule has 0 bridgehead atoms. The summed E-state index contributed by atoms with van der Waals surface area (Å²) in [5, 5.41) is 12.5. The lowest BCUT2D eigenvalue weighted by molar-refractivity contribution is -0.144. The van der Waals surface area contributed by atoms with Crippen molar-refractivity contribution in [2.24, 2.45) is 5.92 Å². The number of likely N-dealkylation sites (N-methyl/N-ethyl adjacent to an activating group) is 1. The van der Waals surface area contributed by atoms with E-state index in [-0.39, 0.29) is 18.6 Å². The summed E-state index contributed by atoms with van der Waals surface area (Å²) in [5.74, 6) is -1.52. The van der Waals surface area contributed by atoms with Crippen LogP contribution >= 0.6 is 0 Å². The largest absolute Gasteiger partial charge is 0.481 e. The summed E-state index contributed by atoms with van der Waals surface area (Å²) in [5.41, 5.74) is 0. The molecule has 6 heteroatoms. The lowest BCUT2D eigenvalue weighted by Crippen LogP contribution is -2.50. The number of hydrogen-bond donors (Lipinski definition) is 2. The molecular weight excluding hydrogens is 260 g/mol. The maximum atomic E-state index is 12.3. The first-order valence-electron chi connectivity index (χ1n) is 7.47. The minimum atomic E-state index is -0.887. The van der Waals surface area contributed by atoms with E-state index in [4.69, 9.17) is 4.74 Å². The van der Waals surface area contributed by atoms with Crippen LogP contribution in [-0.4, -0.2) is 60.3 Å². The first kappa shape index (κ1) is 15.3. The van der Waals surface area contributed by atoms with Gasteiger partial charge >= 0.3 is 5.97 Å². The first-order chi connectivity index (χ1) is 9.63. The van der Waals surface area contributed by atoms with Crippen LogP contribution in [0.4, 0.5) is 0 Å². The molecule has 1 saturated heterocycles. The molecule has 0 aromatic heterocycles. The summed E-state index contributed by atoms with van der Waals surface area (Å²) in [7, 11) is 0. The number of carboxylic acids is 1. The molecule has 2 fully saturated rings. The van der Waals surface area contributed by atoms with Gasteiger partial charge in [-0.15, -0.1) is 0 Å². The van der Waals surface area contributed by atoms with Gasteiger partial charge in [-0.25, -0.2) is 0 Å². The van der Waals surface area contributed by atoms with Crippen molar-refractivity contribution in [2.75, 3.05) is 26.3 Å². The molecule has 2 N–H and O–H groups in total. The molecule has 0 aromatic rings. The van der Waals surface area contributed by atoms with Gasteiger partial charge in [0.2, 0.25) is 5.91 Å². The Balaban J connectivity index is 1.89. The molecule has 6 nitrogen and oxygen atoms in total. The quantitative estimate of drug-likeness (QED) is 0.741. The highest BCUT2D eigenvalue weighted by atomic mass is 16.5. The topological polar surface area (TPSA) is 78.9 Å². The third kappa shape index (κ3) is 3.49. The zero-order chi connectivity index (χ0) is 14.5. The van der Waals surface area contributed by atoms with Crippen molar-refractivity contribution in [3.8, 4) is 0 Å². The molecule has 1 amide bonds. The van der Waals surface area contributed by atoms with Gasteiger partial charge in [0.25, 0.3) is 0 Å². The van der Waals surface area contributed by atoms with Crippen LogP contribution in [0.5, 0.6) is 0 Å². The summed E-state index contributed by atoms with van der Waals surface area (Å²) in [4.78, 5) is 25.1. The third-order valence-corrected chi connectivity index (χ3v) is 4.33. The zero-order valence-electron chi connectivity index (χ0n) is 12.0. The number of carboxylic acid groups (broad SMARTS) is 1. The van der Waals surface area contributed by atoms with Gasteiger partial charge in [0.1, 0.15) is 5.92 Å². The molecule has 0 aromatic carbocycles. The van der Waals surface area contributed by atoms with E-state index in [1.165, 1.54) is 12.8 Å². The van der Waals surface area contributed by atoms with Crippen LogP contribution < -0.4 is 5.32 Å². The van der Waals surface area contributed by atoms with Crippen LogP contribution in [0.15, 0.2) is 0 Å². The average Bonchev–Trinajstić information content (AvgIpc) is 3.08. The van der Waals surface area contributed by atoms with Gasteiger partial charge in [0.15, 0.2) is 0 Å². The minimum absolute atomic E-state index is 0.0267. The Labute approximate surface area is 119 Å². The number of hydrogen-bond acceptors (Lipinski definition) is 4. The van der Waals surface area contributed by atoms with Gasteiger partial charge in [-0.1, -0.05) is 12.8 Å². The van der Waals surface area contributed by atoms with E-state index in [1.807, 2.05) is 6.92 Å². The van der Waals surface area contributed by atoms with E-state index in [0.29, 0.717) is 25.7 Å². The molecule has 2 rings (SSSR count). The van der Waals surface area contributed by atoms with Crippen molar-refractivity contribution in [3.05, 3.63) is 0 Å². The molecule has 2 unspecified atom stereocenters. The SMILES string of the molecule is CCN(C(=O)CNC1CCCC1)C1COCC1C(=O)O. The van der Waals surface area contributed by atoms with Crippen molar-refractivity contribution < 1.29 is 19.4 Å². The highest BCUT2D eigenvalue weighted by Crippen LogP contribution is 2.21. The molecule has 1 aliphatic heterocycles. The third-order valence-electron chi connectivity index (χ3n) is 4.33. The summed E-state index contributed by atoms with van der Waals surface area (Å²) in [6.45, 7) is 3.20. The number of rotatable bonds is 6. The van der Waals surface area contributed by atoms with Crippen molar-refractivity contribution in [1.82, 2.24) is 10.2 Å². The second-order valence-corrected chi connectivity index (χ2v) is 5.59. The average molecular weight is 284 g/mol. The predicted molar refractivity (Wildman–Crippen MR) is 73.4 cm³/mol.